The molecule has 26 heavy (non-hydrogen) atoms. The first-order chi connectivity index (χ1) is 12.1. The van der Waals surface area contributed by atoms with E-state index in [4.69, 9.17) is 4.74 Å². The standard InChI is InChI=1S/C16H14F3N3O4/c1-9-7-8-13(14(20-9)22(24)25)26-10(2)15(23)21-12-6-4-3-5-11(12)16(17,18)19/h3-8,10H,1-2H3,(H,21,23)/t10-/m0/s1. The number of nitrogens with one attached hydrogen (secondary N) is 1. The zero-order valence-corrected chi connectivity index (χ0v) is 13.7. The summed E-state index contributed by atoms with van der Waals surface area (Å²) in [7, 11) is 0. The van der Waals surface area contributed by atoms with Gasteiger partial charge in [-0.25, -0.2) is 0 Å². The first-order valence-electron chi connectivity index (χ1n) is 7.35. The van der Waals surface area contributed by atoms with Crippen molar-refractivity contribution in [3.8, 4) is 5.75 Å². The molecule has 2 rings (SSSR count). The Kier molecular flexibility index (Phi) is 5.44. The van der Waals surface area contributed by atoms with Crippen molar-refractivity contribution in [3.05, 3.63) is 57.8 Å². The van der Waals surface area contributed by atoms with Crippen molar-refractivity contribution in [2.75, 3.05) is 5.32 Å². The molecule has 0 saturated heterocycles. The van der Waals surface area contributed by atoms with E-state index in [2.05, 4.69) is 10.3 Å². The van der Waals surface area contributed by atoms with E-state index in [1.807, 2.05) is 0 Å². The molecule has 1 heterocycles. The molecule has 1 atom stereocenters. The van der Waals surface area contributed by atoms with Gasteiger partial charge in [-0.2, -0.15) is 13.2 Å². The summed E-state index contributed by atoms with van der Waals surface area (Å²) >= 11 is 0. The van der Waals surface area contributed by atoms with Crippen molar-refractivity contribution in [1.29, 1.82) is 0 Å². The monoisotopic (exact) mass is 369 g/mol. The fraction of sp³-hybridized carbons (Fsp3) is 0.250. The van der Waals surface area contributed by atoms with Gasteiger partial charge in [0.05, 0.1) is 11.3 Å². The van der Waals surface area contributed by atoms with Crippen molar-refractivity contribution in [2.45, 2.75) is 26.1 Å². The van der Waals surface area contributed by atoms with E-state index in [0.29, 0.717) is 5.69 Å². The summed E-state index contributed by atoms with van der Waals surface area (Å²) < 4.78 is 44.1. The van der Waals surface area contributed by atoms with Crippen LogP contribution in [0, 0.1) is 17.0 Å². The average Bonchev–Trinajstić information content (AvgIpc) is 2.55. The topological polar surface area (TPSA) is 94.4 Å². The molecule has 0 fully saturated rings. The van der Waals surface area contributed by atoms with Crippen molar-refractivity contribution in [1.82, 2.24) is 4.98 Å². The Morgan fingerprint density at radius 3 is 2.54 bits per heavy atom. The summed E-state index contributed by atoms with van der Waals surface area (Å²) in [5.41, 5.74) is -1.07. The average molecular weight is 369 g/mol. The van der Waals surface area contributed by atoms with Crippen LogP contribution in [0.25, 0.3) is 0 Å². The number of rotatable bonds is 5. The molecule has 7 nitrogen and oxygen atoms in total. The third kappa shape index (κ3) is 4.47. The molecule has 0 aliphatic heterocycles. The molecule has 1 amide bonds. The molecular formula is C16H14F3N3O4. The van der Waals surface area contributed by atoms with Crippen molar-refractivity contribution in [3.63, 3.8) is 0 Å². The molecule has 0 aliphatic carbocycles. The van der Waals surface area contributed by atoms with Gasteiger partial charge in [0.15, 0.2) is 6.10 Å². The molecule has 0 aliphatic rings. The molecular weight excluding hydrogens is 355 g/mol. The highest BCUT2D eigenvalue weighted by molar-refractivity contribution is 5.94. The van der Waals surface area contributed by atoms with Crippen molar-refractivity contribution < 1.29 is 27.6 Å². The third-order valence-corrected chi connectivity index (χ3v) is 3.31. The number of pyridine rings is 1. The maximum Gasteiger partial charge on any atom is 0.418 e. The molecule has 1 aromatic carbocycles. The summed E-state index contributed by atoms with van der Waals surface area (Å²) in [6.07, 6.45) is -5.94. The number of halogens is 3. The van der Waals surface area contributed by atoms with E-state index >= 15 is 0 Å². The zero-order chi connectivity index (χ0) is 19.5. The molecule has 1 N–H and O–H groups in total. The number of nitrogens with zero attached hydrogens (tertiary/aromatic N) is 2. The Labute approximate surface area is 146 Å². The summed E-state index contributed by atoms with van der Waals surface area (Å²) in [5.74, 6) is -1.73. The number of benzene rings is 1. The lowest BCUT2D eigenvalue weighted by Crippen LogP contribution is -2.31. The van der Waals surface area contributed by atoms with Crippen LogP contribution < -0.4 is 10.1 Å². The van der Waals surface area contributed by atoms with Gasteiger partial charge < -0.3 is 20.2 Å². The lowest BCUT2D eigenvalue weighted by atomic mass is 10.1. The molecule has 0 radical (unpaired) electrons. The second-order valence-electron chi connectivity index (χ2n) is 5.32. The first kappa shape index (κ1) is 19.2. The maximum absolute atomic E-state index is 13.0. The quantitative estimate of drug-likeness (QED) is 0.640. The second-order valence-corrected chi connectivity index (χ2v) is 5.32. The number of aromatic nitrogens is 1. The minimum Gasteiger partial charge on any atom is -0.473 e. The number of alkyl halides is 3. The van der Waals surface area contributed by atoms with E-state index in [-0.39, 0.29) is 5.75 Å². The van der Waals surface area contributed by atoms with Crippen LogP contribution in [-0.4, -0.2) is 21.9 Å². The zero-order valence-electron chi connectivity index (χ0n) is 13.7. The van der Waals surface area contributed by atoms with Gasteiger partial charge in [0.25, 0.3) is 5.91 Å². The smallest absolute Gasteiger partial charge is 0.418 e. The largest absolute Gasteiger partial charge is 0.473 e. The van der Waals surface area contributed by atoms with Gasteiger partial charge in [-0.3, -0.25) is 4.79 Å². The number of nitro groups is 1. The molecule has 10 heteroatoms. The second kappa shape index (κ2) is 7.38. The molecule has 2 aromatic rings. The summed E-state index contributed by atoms with van der Waals surface area (Å²) in [6.45, 7) is 2.80. The fourth-order valence-corrected chi connectivity index (χ4v) is 2.07. The lowest BCUT2D eigenvalue weighted by Gasteiger charge is -2.17. The number of ether oxygens (including phenoxy) is 1. The van der Waals surface area contributed by atoms with Crippen LogP contribution in [0.2, 0.25) is 0 Å². The van der Waals surface area contributed by atoms with Gasteiger partial charge in [-0.15, -0.1) is 0 Å². The fourth-order valence-electron chi connectivity index (χ4n) is 2.07. The number of hydrogen-bond acceptors (Lipinski definition) is 5. The van der Waals surface area contributed by atoms with Crippen LogP contribution in [0.5, 0.6) is 5.75 Å². The minimum absolute atomic E-state index is 0.257. The molecule has 0 bridgehead atoms. The van der Waals surface area contributed by atoms with Crippen LogP contribution in [0.1, 0.15) is 18.2 Å². The van der Waals surface area contributed by atoms with Crippen molar-refractivity contribution >= 4 is 17.4 Å². The van der Waals surface area contributed by atoms with E-state index in [9.17, 15) is 28.1 Å². The van der Waals surface area contributed by atoms with Crippen LogP contribution >= 0.6 is 0 Å². The highest BCUT2D eigenvalue weighted by atomic mass is 19.4. The van der Waals surface area contributed by atoms with Gasteiger partial charge in [0.2, 0.25) is 5.75 Å². The number of anilines is 1. The third-order valence-electron chi connectivity index (χ3n) is 3.31. The minimum atomic E-state index is -4.65. The van der Waals surface area contributed by atoms with Gasteiger partial charge in [0.1, 0.15) is 5.69 Å². The number of aryl methyl sites for hydroxylation is 1. The highest BCUT2D eigenvalue weighted by Gasteiger charge is 2.34. The maximum atomic E-state index is 13.0. The summed E-state index contributed by atoms with van der Waals surface area (Å²) in [6, 6.07) is 7.18. The predicted octanol–water partition coefficient (Wildman–Crippen LogP) is 3.72. The van der Waals surface area contributed by atoms with Gasteiger partial charge in [0, 0.05) is 6.92 Å². The highest BCUT2D eigenvalue weighted by Crippen LogP contribution is 2.34. The van der Waals surface area contributed by atoms with E-state index in [0.717, 1.165) is 12.1 Å². The van der Waals surface area contributed by atoms with Crippen LogP contribution in [-0.2, 0) is 11.0 Å². The Morgan fingerprint density at radius 1 is 1.27 bits per heavy atom. The normalized spacial score (nSPS) is 12.3. The summed E-state index contributed by atoms with van der Waals surface area (Å²) in [5, 5.41) is 13.1. The molecule has 0 unspecified atom stereocenters. The summed E-state index contributed by atoms with van der Waals surface area (Å²) in [4.78, 5) is 26.1. The number of hydrogen-bond donors (Lipinski definition) is 1. The molecule has 138 valence electrons. The Bertz CT molecular complexity index is 840. The lowest BCUT2D eigenvalue weighted by molar-refractivity contribution is -0.390. The van der Waals surface area contributed by atoms with Crippen LogP contribution in [0.15, 0.2) is 36.4 Å². The number of carbonyl (C=O) groups excluding carboxylic acids is 1. The predicted molar refractivity (Wildman–Crippen MR) is 85.8 cm³/mol. The SMILES string of the molecule is Cc1ccc(O[C@@H](C)C(=O)Nc2ccccc2C(F)(F)F)c([N+](=O)[O-])n1. The van der Waals surface area contributed by atoms with Crippen LogP contribution in [0.3, 0.4) is 0 Å². The van der Waals surface area contributed by atoms with Gasteiger partial charge in [-0.05, 0) is 41.1 Å². The van der Waals surface area contributed by atoms with Crippen molar-refractivity contribution in [2.24, 2.45) is 0 Å². The molecule has 0 spiro atoms. The van der Waals surface area contributed by atoms with Gasteiger partial charge in [-0.1, -0.05) is 12.1 Å². The number of amides is 1. The van der Waals surface area contributed by atoms with E-state index in [1.54, 1.807) is 6.92 Å². The Morgan fingerprint density at radius 2 is 1.92 bits per heavy atom. The molecule has 1 aromatic heterocycles. The molecule has 0 saturated carbocycles. The van der Waals surface area contributed by atoms with E-state index in [1.165, 1.54) is 31.2 Å². The van der Waals surface area contributed by atoms with Gasteiger partial charge >= 0.3 is 12.0 Å². The van der Waals surface area contributed by atoms with E-state index < -0.39 is 40.2 Å². The number of carbonyl (C=O) groups is 1. The Balaban J connectivity index is 2.19. The number of para-hydroxylation sites is 1. The Hall–Kier alpha value is -3.17. The van der Waals surface area contributed by atoms with Crippen LogP contribution in [0.4, 0.5) is 24.7 Å². The first-order valence-corrected chi connectivity index (χ1v) is 7.35.